The number of hydrogen-bond donors (Lipinski definition) is 1. The fraction of sp³-hybridized carbons (Fsp3) is 0.188. The highest BCUT2D eigenvalue weighted by atomic mass is 32.1. The molecule has 3 nitrogen and oxygen atoms in total. The highest BCUT2D eigenvalue weighted by Crippen LogP contribution is 2.33. The molecule has 2 N–H and O–H groups in total. The number of nitrogens with two attached hydrogens (primary N) is 1. The van der Waals surface area contributed by atoms with Crippen molar-refractivity contribution in [2.24, 2.45) is 5.73 Å². The highest BCUT2D eigenvalue weighted by molar-refractivity contribution is 7.16. The molecule has 0 atom stereocenters. The van der Waals surface area contributed by atoms with Crippen molar-refractivity contribution in [2.75, 3.05) is 11.9 Å². The first-order valence-electron chi connectivity index (χ1n) is 6.76. The number of thiophene rings is 1. The Balaban J connectivity index is 1.89. The normalized spacial score (nSPS) is 10.8. The SMILES string of the molecule is CN(Cc1cccs1)c1nc(-c2ccccc2)c(CN)s1. The van der Waals surface area contributed by atoms with Gasteiger partial charge < -0.3 is 10.6 Å². The van der Waals surface area contributed by atoms with Gasteiger partial charge in [-0.2, -0.15) is 0 Å². The van der Waals surface area contributed by atoms with Crippen molar-refractivity contribution in [3.05, 3.63) is 57.6 Å². The molecule has 0 bridgehead atoms. The van der Waals surface area contributed by atoms with Crippen LogP contribution < -0.4 is 10.6 Å². The lowest BCUT2D eigenvalue weighted by Crippen LogP contribution is -2.15. The van der Waals surface area contributed by atoms with Crippen molar-refractivity contribution < 1.29 is 0 Å². The maximum atomic E-state index is 5.89. The van der Waals surface area contributed by atoms with Gasteiger partial charge in [-0.15, -0.1) is 11.3 Å². The second-order valence-electron chi connectivity index (χ2n) is 4.77. The first-order chi connectivity index (χ1) is 10.3. The number of aromatic nitrogens is 1. The summed E-state index contributed by atoms with van der Waals surface area (Å²) in [5.74, 6) is 0. The summed E-state index contributed by atoms with van der Waals surface area (Å²) in [6, 6.07) is 14.5. The molecule has 21 heavy (non-hydrogen) atoms. The van der Waals surface area contributed by atoms with Crippen LogP contribution >= 0.6 is 22.7 Å². The maximum absolute atomic E-state index is 5.89. The number of anilines is 1. The van der Waals surface area contributed by atoms with Crippen molar-refractivity contribution in [2.45, 2.75) is 13.1 Å². The Bertz CT molecular complexity index is 690. The molecule has 1 aromatic carbocycles. The van der Waals surface area contributed by atoms with Gasteiger partial charge in [0, 0.05) is 28.9 Å². The molecule has 3 aromatic rings. The van der Waals surface area contributed by atoms with E-state index in [0.29, 0.717) is 6.54 Å². The highest BCUT2D eigenvalue weighted by Gasteiger charge is 2.14. The van der Waals surface area contributed by atoms with Crippen LogP contribution in [0, 0.1) is 0 Å². The van der Waals surface area contributed by atoms with Gasteiger partial charge in [0.15, 0.2) is 5.13 Å². The quantitative estimate of drug-likeness (QED) is 0.774. The van der Waals surface area contributed by atoms with Crippen LogP contribution in [0.2, 0.25) is 0 Å². The van der Waals surface area contributed by atoms with Gasteiger partial charge in [0.25, 0.3) is 0 Å². The van der Waals surface area contributed by atoms with Crippen molar-refractivity contribution in [3.63, 3.8) is 0 Å². The second-order valence-corrected chi connectivity index (χ2v) is 6.87. The summed E-state index contributed by atoms with van der Waals surface area (Å²) in [7, 11) is 2.08. The predicted molar refractivity (Wildman–Crippen MR) is 91.9 cm³/mol. The standard InChI is InChI=1S/C16H17N3S2/c1-19(11-13-8-5-9-20-13)16-18-15(14(10-17)21-16)12-6-3-2-4-7-12/h2-9H,10-11,17H2,1H3. The zero-order valence-corrected chi connectivity index (χ0v) is 13.5. The van der Waals surface area contributed by atoms with E-state index in [-0.39, 0.29) is 0 Å². The molecule has 0 spiro atoms. The minimum absolute atomic E-state index is 0.523. The van der Waals surface area contributed by atoms with Crippen molar-refractivity contribution in [1.29, 1.82) is 0 Å². The lowest BCUT2D eigenvalue weighted by atomic mass is 10.1. The van der Waals surface area contributed by atoms with Crippen LogP contribution in [0.4, 0.5) is 5.13 Å². The first kappa shape index (κ1) is 14.3. The Labute approximate surface area is 132 Å². The molecule has 0 aliphatic rings. The molecule has 0 aliphatic carbocycles. The summed E-state index contributed by atoms with van der Waals surface area (Å²) in [5, 5.41) is 3.12. The number of thiazole rings is 1. The molecule has 0 amide bonds. The molecule has 5 heteroatoms. The lowest BCUT2D eigenvalue weighted by Gasteiger charge is -2.14. The minimum Gasteiger partial charge on any atom is -0.346 e. The number of rotatable bonds is 5. The fourth-order valence-electron chi connectivity index (χ4n) is 2.17. The molecule has 0 fully saturated rings. The molecular weight excluding hydrogens is 298 g/mol. The average molecular weight is 315 g/mol. The van der Waals surface area contributed by atoms with E-state index in [0.717, 1.165) is 27.8 Å². The molecule has 0 saturated carbocycles. The monoisotopic (exact) mass is 315 g/mol. The molecular formula is C16H17N3S2. The number of nitrogens with zero attached hydrogens (tertiary/aromatic N) is 2. The van der Waals surface area contributed by atoms with E-state index >= 15 is 0 Å². The Kier molecular flexibility index (Phi) is 4.34. The van der Waals surface area contributed by atoms with E-state index in [2.05, 4.69) is 41.6 Å². The van der Waals surface area contributed by atoms with E-state index in [9.17, 15) is 0 Å². The Morgan fingerprint density at radius 2 is 1.95 bits per heavy atom. The van der Waals surface area contributed by atoms with Crippen LogP contribution in [-0.2, 0) is 13.1 Å². The van der Waals surface area contributed by atoms with Crippen LogP contribution in [0.1, 0.15) is 9.75 Å². The largest absolute Gasteiger partial charge is 0.346 e. The zero-order chi connectivity index (χ0) is 14.7. The fourth-order valence-corrected chi connectivity index (χ4v) is 3.84. The lowest BCUT2D eigenvalue weighted by molar-refractivity contribution is 0.931. The van der Waals surface area contributed by atoms with Gasteiger partial charge >= 0.3 is 0 Å². The van der Waals surface area contributed by atoms with Crippen molar-refractivity contribution in [3.8, 4) is 11.3 Å². The third-order valence-electron chi connectivity index (χ3n) is 3.22. The van der Waals surface area contributed by atoms with E-state index in [4.69, 9.17) is 10.7 Å². The number of benzene rings is 1. The molecule has 3 rings (SSSR count). The molecule has 0 unspecified atom stereocenters. The smallest absolute Gasteiger partial charge is 0.186 e. The van der Waals surface area contributed by atoms with Crippen LogP contribution in [0.25, 0.3) is 11.3 Å². The van der Waals surface area contributed by atoms with Gasteiger partial charge in [-0.3, -0.25) is 0 Å². The second kappa shape index (κ2) is 6.39. The molecule has 0 radical (unpaired) electrons. The average Bonchev–Trinajstić information content (AvgIpc) is 3.17. The van der Waals surface area contributed by atoms with Crippen molar-refractivity contribution >= 4 is 27.8 Å². The Morgan fingerprint density at radius 1 is 1.14 bits per heavy atom. The van der Waals surface area contributed by atoms with Crippen molar-refractivity contribution in [1.82, 2.24) is 4.98 Å². The van der Waals surface area contributed by atoms with Gasteiger partial charge in [-0.05, 0) is 11.4 Å². The van der Waals surface area contributed by atoms with Crippen LogP contribution in [0.5, 0.6) is 0 Å². The van der Waals surface area contributed by atoms with Crippen LogP contribution in [0.3, 0.4) is 0 Å². The molecule has 108 valence electrons. The third-order valence-corrected chi connectivity index (χ3v) is 5.27. The maximum Gasteiger partial charge on any atom is 0.186 e. The van der Waals surface area contributed by atoms with E-state index in [1.807, 2.05) is 18.2 Å². The summed E-state index contributed by atoms with van der Waals surface area (Å²) in [5.41, 5.74) is 8.03. The van der Waals surface area contributed by atoms with Gasteiger partial charge in [-0.25, -0.2) is 4.98 Å². The number of hydrogen-bond acceptors (Lipinski definition) is 5. The molecule has 0 aliphatic heterocycles. The molecule has 0 saturated heterocycles. The summed E-state index contributed by atoms with van der Waals surface area (Å²) < 4.78 is 0. The Hall–Kier alpha value is -1.69. The van der Waals surface area contributed by atoms with Crippen LogP contribution in [0.15, 0.2) is 47.8 Å². The summed E-state index contributed by atoms with van der Waals surface area (Å²) in [6.07, 6.45) is 0. The van der Waals surface area contributed by atoms with E-state index < -0.39 is 0 Å². The zero-order valence-electron chi connectivity index (χ0n) is 11.8. The van der Waals surface area contributed by atoms with Gasteiger partial charge in [0.2, 0.25) is 0 Å². The van der Waals surface area contributed by atoms with Gasteiger partial charge in [0.05, 0.1) is 12.2 Å². The molecule has 2 aromatic heterocycles. The van der Waals surface area contributed by atoms with Gasteiger partial charge in [0.1, 0.15) is 0 Å². The first-order valence-corrected chi connectivity index (χ1v) is 8.46. The molecule has 2 heterocycles. The summed E-state index contributed by atoms with van der Waals surface area (Å²) in [4.78, 5) is 9.45. The third kappa shape index (κ3) is 3.15. The van der Waals surface area contributed by atoms with Crippen LogP contribution in [-0.4, -0.2) is 12.0 Å². The Morgan fingerprint density at radius 3 is 2.62 bits per heavy atom. The predicted octanol–water partition coefficient (Wildman–Crippen LogP) is 3.97. The minimum atomic E-state index is 0.523. The van der Waals surface area contributed by atoms with Gasteiger partial charge in [-0.1, -0.05) is 47.7 Å². The van der Waals surface area contributed by atoms with E-state index in [1.54, 1.807) is 22.7 Å². The summed E-state index contributed by atoms with van der Waals surface area (Å²) in [6.45, 7) is 1.40. The summed E-state index contributed by atoms with van der Waals surface area (Å²) >= 11 is 3.45. The topological polar surface area (TPSA) is 42.2 Å². The van der Waals surface area contributed by atoms with E-state index in [1.165, 1.54) is 4.88 Å².